The van der Waals surface area contributed by atoms with E-state index in [1.165, 1.54) is 0 Å². The summed E-state index contributed by atoms with van der Waals surface area (Å²) in [5, 5.41) is 13.3. The summed E-state index contributed by atoms with van der Waals surface area (Å²) in [4.78, 5) is 2.62. The van der Waals surface area contributed by atoms with Gasteiger partial charge in [0.2, 0.25) is 0 Å². The average Bonchev–Trinajstić information content (AvgIpc) is 2.45. The number of ether oxygens (including phenoxy) is 4. The average molecular weight is 303 g/mol. The lowest BCUT2D eigenvalue weighted by Gasteiger charge is -2.36. The summed E-state index contributed by atoms with van der Waals surface area (Å²) < 4.78 is 21.6. The van der Waals surface area contributed by atoms with Gasteiger partial charge in [-0.25, -0.2) is 0 Å². The van der Waals surface area contributed by atoms with Crippen LogP contribution in [0.1, 0.15) is 20.3 Å². The van der Waals surface area contributed by atoms with Crippen LogP contribution in [0.4, 0.5) is 0 Å². The lowest BCUT2D eigenvalue weighted by Crippen LogP contribution is -2.45. The maximum atomic E-state index is 9.95. The van der Waals surface area contributed by atoms with Gasteiger partial charge in [0.1, 0.15) is 6.10 Å². The molecule has 0 amide bonds. The molecule has 0 bridgehead atoms. The van der Waals surface area contributed by atoms with Crippen LogP contribution < -0.4 is 0 Å². The summed E-state index contributed by atoms with van der Waals surface area (Å²) in [6.07, 6.45) is -0.235. The SMILES string of the molecule is C[C@@H]1C[C@H](C)[C@@H](O)C(OCCOCCOCCN=[N+]=[N-])O1. The predicted molar refractivity (Wildman–Crippen MR) is 75.7 cm³/mol. The highest BCUT2D eigenvalue weighted by Gasteiger charge is 2.33. The van der Waals surface area contributed by atoms with Gasteiger partial charge in [0.25, 0.3) is 0 Å². The summed E-state index contributed by atoms with van der Waals surface area (Å²) in [6, 6.07) is 0. The van der Waals surface area contributed by atoms with Gasteiger partial charge in [-0.2, -0.15) is 0 Å². The van der Waals surface area contributed by atoms with Crippen molar-refractivity contribution in [3.8, 4) is 0 Å². The van der Waals surface area contributed by atoms with Crippen molar-refractivity contribution in [3.63, 3.8) is 0 Å². The van der Waals surface area contributed by atoms with Crippen LogP contribution in [0.5, 0.6) is 0 Å². The van der Waals surface area contributed by atoms with E-state index in [-0.39, 0.29) is 12.0 Å². The fourth-order valence-electron chi connectivity index (χ4n) is 2.13. The molecular weight excluding hydrogens is 278 g/mol. The first kappa shape index (κ1) is 18.2. The van der Waals surface area contributed by atoms with E-state index in [9.17, 15) is 5.11 Å². The molecule has 0 spiro atoms. The van der Waals surface area contributed by atoms with E-state index in [4.69, 9.17) is 24.5 Å². The maximum Gasteiger partial charge on any atom is 0.184 e. The number of aliphatic hydroxyl groups excluding tert-OH is 1. The Morgan fingerprint density at radius 1 is 1.19 bits per heavy atom. The smallest absolute Gasteiger partial charge is 0.184 e. The van der Waals surface area contributed by atoms with Crippen molar-refractivity contribution in [2.24, 2.45) is 11.0 Å². The largest absolute Gasteiger partial charge is 0.388 e. The zero-order valence-electron chi connectivity index (χ0n) is 12.7. The first-order valence-corrected chi connectivity index (χ1v) is 7.26. The molecule has 8 heteroatoms. The van der Waals surface area contributed by atoms with Gasteiger partial charge in [-0.1, -0.05) is 12.0 Å². The molecule has 1 saturated heterocycles. The Balaban J connectivity index is 1.97. The Labute approximate surface area is 124 Å². The quantitative estimate of drug-likeness (QED) is 0.285. The van der Waals surface area contributed by atoms with E-state index in [2.05, 4.69) is 10.0 Å². The molecule has 0 aromatic heterocycles. The Hall–Kier alpha value is -0.890. The molecule has 1 rings (SSSR count). The van der Waals surface area contributed by atoms with E-state index >= 15 is 0 Å². The second kappa shape index (κ2) is 10.8. The Morgan fingerprint density at radius 2 is 1.86 bits per heavy atom. The first-order valence-electron chi connectivity index (χ1n) is 7.26. The maximum absolute atomic E-state index is 9.95. The summed E-state index contributed by atoms with van der Waals surface area (Å²) in [5.41, 5.74) is 8.06. The molecule has 1 aliphatic heterocycles. The van der Waals surface area contributed by atoms with Crippen molar-refractivity contribution in [1.82, 2.24) is 0 Å². The van der Waals surface area contributed by atoms with Crippen LogP contribution in [0.25, 0.3) is 10.4 Å². The summed E-state index contributed by atoms with van der Waals surface area (Å²) in [7, 11) is 0. The normalized spacial score (nSPS) is 29.1. The second-order valence-electron chi connectivity index (χ2n) is 5.07. The number of azide groups is 1. The number of aliphatic hydroxyl groups is 1. The minimum Gasteiger partial charge on any atom is -0.388 e. The highest BCUT2D eigenvalue weighted by molar-refractivity contribution is 4.76. The van der Waals surface area contributed by atoms with Crippen molar-refractivity contribution < 1.29 is 24.1 Å². The van der Waals surface area contributed by atoms with Crippen LogP contribution in [0.3, 0.4) is 0 Å². The highest BCUT2D eigenvalue weighted by Crippen LogP contribution is 2.25. The number of hydrogen-bond donors (Lipinski definition) is 1. The van der Waals surface area contributed by atoms with Gasteiger partial charge in [-0.3, -0.25) is 0 Å². The molecule has 1 N–H and O–H groups in total. The molecule has 0 radical (unpaired) electrons. The van der Waals surface area contributed by atoms with Crippen LogP contribution in [0.15, 0.2) is 5.11 Å². The molecular formula is C13H25N3O5. The van der Waals surface area contributed by atoms with Gasteiger partial charge in [0, 0.05) is 11.5 Å². The molecule has 0 saturated carbocycles. The summed E-state index contributed by atoms with van der Waals surface area (Å²) in [5.74, 6) is 0.170. The van der Waals surface area contributed by atoms with E-state index in [1.807, 2.05) is 13.8 Å². The predicted octanol–water partition coefficient (Wildman–Crippen LogP) is 1.48. The standard InChI is InChI=1S/C13H25N3O5/c1-10-9-11(2)21-13(12(10)17)20-8-7-19-6-5-18-4-3-15-16-14/h10-13,17H,3-9H2,1-2H3/t10-,11+,12+,13?/m0/s1. The van der Waals surface area contributed by atoms with Gasteiger partial charge in [-0.15, -0.1) is 0 Å². The minimum absolute atomic E-state index is 0.0961. The minimum atomic E-state index is -0.592. The molecule has 1 fully saturated rings. The van der Waals surface area contributed by atoms with Crippen LogP contribution in [0.2, 0.25) is 0 Å². The lowest BCUT2D eigenvalue weighted by molar-refractivity contribution is -0.253. The van der Waals surface area contributed by atoms with Gasteiger partial charge >= 0.3 is 0 Å². The molecule has 1 unspecified atom stereocenters. The monoisotopic (exact) mass is 303 g/mol. The molecule has 122 valence electrons. The zero-order valence-corrected chi connectivity index (χ0v) is 12.7. The van der Waals surface area contributed by atoms with Crippen molar-refractivity contribution in [2.45, 2.75) is 38.8 Å². The third kappa shape index (κ3) is 7.61. The third-order valence-electron chi connectivity index (χ3n) is 3.21. The molecule has 8 nitrogen and oxygen atoms in total. The van der Waals surface area contributed by atoms with Crippen LogP contribution in [-0.4, -0.2) is 63.2 Å². The molecule has 0 aromatic carbocycles. The van der Waals surface area contributed by atoms with E-state index in [0.29, 0.717) is 39.6 Å². The Bertz CT molecular complexity index is 325. The Kier molecular flexibility index (Phi) is 9.32. The topological polar surface area (TPSA) is 106 Å². The fourth-order valence-corrected chi connectivity index (χ4v) is 2.13. The van der Waals surface area contributed by atoms with Gasteiger partial charge in [-0.05, 0) is 24.8 Å². The second-order valence-corrected chi connectivity index (χ2v) is 5.07. The van der Waals surface area contributed by atoms with E-state index in [1.54, 1.807) is 0 Å². The third-order valence-corrected chi connectivity index (χ3v) is 3.21. The zero-order chi connectivity index (χ0) is 15.5. The van der Waals surface area contributed by atoms with E-state index in [0.717, 1.165) is 6.42 Å². The summed E-state index contributed by atoms with van der Waals surface area (Å²) in [6.45, 7) is 6.34. The number of rotatable bonds is 10. The highest BCUT2D eigenvalue weighted by atomic mass is 16.7. The van der Waals surface area contributed by atoms with Crippen LogP contribution in [-0.2, 0) is 18.9 Å². The molecule has 4 atom stereocenters. The fraction of sp³-hybridized carbons (Fsp3) is 1.00. The molecule has 1 heterocycles. The lowest BCUT2D eigenvalue weighted by atomic mass is 9.95. The van der Waals surface area contributed by atoms with Crippen molar-refractivity contribution >= 4 is 0 Å². The van der Waals surface area contributed by atoms with Gasteiger partial charge < -0.3 is 24.1 Å². The van der Waals surface area contributed by atoms with Gasteiger partial charge in [0.15, 0.2) is 6.29 Å². The molecule has 0 aliphatic carbocycles. The summed E-state index contributed by atoms with van der Waals surface area (Å²) >= 11 is 0. The van der Waals surface area contributed by atoms with Crippen molar-refractivity contribution in [3.05, 3.63) is 10.4 Å². The van der Waals surface area contributed by atoms with Crippen molar-refractivity contribution in [2.75, 3.05) is 39.6 Å². The molecule has 1 aliphatic rings. The van der Waals surface area contributed by atoms with Crippen LogP contribution in [0, 0.1) is 5.92 Å². The number of hydrogen-bond acceptors (Lipinski definition) is 6. The van der Waals surface area contributed by atoms with Crippen LogP contribution >= 0.6 is 0 Å². The number of nitrogens with zero attached hydrogens (tertiary/aromatic N) is 3. The first-order chi connectivity index (χ1) is 10.1. The van der Waals surface area contributed by atoms with Crippen molar-refractivity contribution in [1.29, 1.82) is 0 Å². The Morgan fingerprint density at radius 3 is 2.57 bits per heavy atom. The molecule has 21 heavy (non-hydrogen) atoms. The van der Waals surface area contributed by atoms with E-state index < -0.39 is 12.4 Å². The molecule has 0 aromatic rings. The van der Waals surface area contributed by atoms with Gasteiger partial charge in [0.05, 0.1) is 39.1 Å².